The third kappa shape index (κ3) is 3.44. The van der Waals surface area contributed by atoms with Crippen molar-refractivity contribution in [1.82, 2.24) is 19.7 Å². The third-order valence-corrected chi connectivity index (χ3v) is 5.31. The Kier molecular flexibility index (Phi) is 4.63. The molecule has 1 aromatic carbocycles. The lowest BCUT2D eigenvalue weighted by Gasteiger charge is -2.00. The second-order valence-electron chi connectivity index (χ2n) is 5.54. The number of pyridine rings is 1. The Bertz CT molecular complexity index is 1110. The molecule has 0 unspecified atom stereocenters. The molecule has 5 nitrogen and oxygen atoms in total. The van der Waals surface area contributed by atoms with E-state index in [4.69, 9.17) is 23.2 Å². The lowest BCUT2D eigenvalue weighted by Crippen LogP contribution is -2.21. The van der Waals surface area contributed by atoms with E-state index < -0.39 is 0 Å². The van der Waals surface area contributed by atoms with Crippen LogP contribution in [0.1, 0.15) is 15.4 Å². The van der Waals surface area contributed by atoms with Crippen molar-refractivity contribution in [3.8, 4) is 10.6 Å². The molecule has 0 aliphatic carbocycles. The summed E-state index contributed by atoms with van der Waals surface area (Å²) in [7, 11) is 0. The molecule has 0 aliphatic rings. The minimum atomic E-state index is -0.198. The Morgan fingerprint density at radius 2 is 2.00 bits per heavy atom. The number of aromatic nitrogens is 3. The molecular weight excluding hydrogens is 391 g/mol. The first-order chi connectivity index (χ1) is 12.6. The van der Waals surface area contributed by atoms with Crippen molar-refractivity contribution in [1.29, 1.82) is 0 Å². The van der Waals surface area contributed by atoms with Gasteiger partial charge < -0.3 is 9.72 Å². The van der Waals surface area contributed by atoms with E-state index in [1.807, 2.05) is 34.9 Å². The van der Waals surface area contributed by atoms with Crippen molar-refractivity contribution in [2.45, 2.75) is 6.54 Å². The summed E-state index contributed by atoms with van der Waals surface area (Å²) in [5, 5.41) is 4.81. The van der Waals surface area contributed by atoms with Crippen molar-refractivity contribution in [2.24, 2.45) is 0 Å². The number of halogens is 2. The van der Waals surface area contributed by atoms with E-state index in [1.165, 1.54) is 11.3 Å². The van der Waals surface area contributed by atoms with Crippen LogP contribution in [-0.2, 0) is 6.54 Å². The number of benzene rings is 1. The summed E-state index contributed by atoms with van der Waals surface area (Å²) < 4.78 is 1.83. The zero-order valence-corrected chi connectivity index (χ0v) is 15.6. The first-order valence-corrected chi connectivity index (χ1v) is 9.29. The van der Waals surface area contributed by atoms with Crippen LogP contribution in [0.15, 0.2) is 55.0 Å². The molecule has 0 bridgehead atoms. The first kappa shape index (κ1) is 17.0. The molecule has 26 heavy (non-hydrogen) atoms. The highest BCUT2D eigenvalue weighted by Gasteiger charge is 2.13. The molecule has 0 radical (unpaired) electrons. The fourth-order valence-electron chi connectivity index (χ4n) is 2.50. The Labute approximate surface area is 163 Å². The minimum absolute atomic E-state index is 0.198. The van der Waals surface area contributed by atoms with Crippen molar-refractivity contribution >= 4 is 46.1 Å². The van der Waals surface area contributed by atoms with Crippen molar-refractivity contribution < 1.29 is 4.79 Å². The summed E-state index contributed by atoms with van der Waals surface area (Å²) in [6.45, 7) is 0.317. The van der Waals surface area contributed by atoms with E-state index in [1.54, 1.807) is 24.5 Å². The van der Waals surface area contributed by atoms with E-state index in [0.717, 1.165) is 16.9 Å². The maximum atomic E-state index is 12.4. The van der Waals surface area contributed by atoms with Gasteiger partial charge >= 0.3 is 0 Å². The van der Waals surface area contributed by atoms with Gasteiger partial charge in [0, 0.05) is 18.0 Å². The van der Waals surface area contributed by atoms with Crippen molar-refractivity contribution in [3.05, 3.63) is 75.6 Å². The summed E-state index contributed by atoms with van der Waals surface area (Å²) in [6, 6.07) is 11.0. The SMILES string of the molecule is O=C(NCc1cn2cc(Cl)ccc2n1)c1cnc(-c2ccccc2Cl)s1. The predicted octanol–water partition coefficient (Wildman–Crippen LogP) is 4.69. The monoisotopic (exact) mass is 402 g/mol. The third-order valence-electron chi connectivity index (χ3n) is 3.73. The Morgan fingerprint density at radius 3 is 2.85 bits per heavy atom. The molecule has 0 fully saturated rings. The number of amides is 1. The lowest BCUT2D eigenvalue weighted by molar-refractivity contribution is 0.0954. The molecule has 0 atom stereocenters. The zero-order valence-electron chi connectivity index (χ0n) is 13.3. The van der Waals surface area contributed by atoms with E-state index in [-0.39, 0.29) is 5.91 Å². The molecular formula is C18H12Cl2N4OS. The van der Waals surface area contributed by atoms with Crippen molar-refractivity contribution in [2.75, 3.05) is 0 Å². The van der Waals surface area contributed by atoms with Gasteiger partial charge in [0.15, 0.2) is 0 Å². The smallest absolute Gasteiger partial charge is 0.263 e. The average Bonchev–Trinajstić information content (AvgIpc) is 3.26. The fraction of sp³-hybridized carbons (Fsp3) is 0.0556. The highest BCUT2D eigenvalue weighted by atomic mass is 35.5. The largest absolute Gasteiger partial charge is 0.346 e. The number of hydrogen-bond acceptors (Lipinski definition) is 4. The van der Waals surface area contributed by atoms with Crippen LogP contribution in [0.4, 0.5) is 0 Å². The van der Waals surface area contributed by atoms with E-state index in [0.29, 0.717) is 26.5 Å². The number of hydrogen-bond donors (Lipinski definition) is 1. The van der Waals surface area contributed by atoms with E-state index in [9.17, 15) is 4.79 Å². The number of thiazole rings is 1. The Balaban J connectivity index is 1.47. The van der Waals surface area contributed by atoms with Crippen LogP contribution in [0.25, 0.3) is 16.2 Å². The second kappa shape index (κ2) is 7.07. The van der Waals surface area contributed by atoms with Crippen molar-refractivity contribution in [3.63, 3.8) is 0 Å². The molecule has 0 spiro atoms. The molecule has 0 saturated heterocycles. The van der Waals surface area contributed by atoms with Gasteiger partial charge in [-0.15, -0.1) is 11.3 Å². The van der Waals surface area contributed by atoms with Gasteiger partial charge in [-0.05, 0) is 18.2 Å². The van der Waals surface area contributed by atoms with Gasteiger partial charge in [-0.1, -0.05) is 41.4 Å². The average molecular weight is 403 g/mol. The molecule has 3 heterocycles. The number of fused-ring (bicyclic) bond motifs is 1. The number of carbonyl (C=O) groups is 1. The molecule has 8 heteroatoms. The normalized spacial score (nSPS) is 11.0. The number of rotatable bonds is 4. The number of nitrogens with one attached hydrogen (secondary N) is 1. The second-order valence-corrected chi connectivity index (χ2v) is 7.41. The quantitative estimate of drug-likeness (QED) is 0.538. The van der Waals surface area contributed by atoms with Gasteiger partial charge in [-0.25, -0.2) is 9.97 Å². The highest BCUT2D eigenvalue weighted by molar-refractivity contribution is 7.17. The molecule has 4 aromatic rings. The summed E-state index contributed by atoms with van der Waals surface area (Å²) in [5.74, 6) is -0.198. The molecule has 1 N–H and O–H groups in total. The zero-order chi connectivity index (χ0) is 18.1. The maximum Gasteiger partial charge on any atom is 0.263 e. The first-order valence-electron chi connectivity index (χ1n) is 7.72. The van der Waals surface area contributed by atoms with Crippen LogP contribution in [0, 0.1) is 0 Å². The summed E-state index contributed by atoms with van der Waals surface area (Å²) in [6.07, 6.45) is 5.17. The summed E-state index contributed by atoms with van der Waals surface area (Å²) in [5.41, 5.74) is 2.34. The lowest BCUT2D eigenvalue weighted by atomic mass is 10.2. The van der Waals surface area contributed by atoms with E-state index >= 15 is 0 Å². The van der Waals surface area contributed by atoms with Gasteiger partial charge in [0.25, 0.3) is 5.91 Å². The molecule has 4 rings (SSSR count). The fourth-order valence-corrected chi connectivity index (χ4v) is 3.82. The van der Waals surface area contributed by atoms with Gasteiger partial charge in [0.05, 0.1) is 28.5 Å². The highest BCUT2D eigenvalue weighted by Crippen LogP contribution is 2.30. The Morgan fingerprint density at radius 1 is 1.15 bits per heavy atom. The number of imidazole rings is 1. The van der Waals surface area contributed by atoms with Gasteiger partial charge in [-0.2, -0.15) is 0 Å². The topological polar surface area (TPSA) is 59.3 Å². The number of nitrogens with zero attached hydrogens (tertiary/aromatic N) is 3. The van der Waals surface area contributed by atoms with Crippen LogP contribution in [-0.4, -0.2) is 20.3 Å². The molecule has 0 saturated carbocycles. The molecule has 1 amide bonds. The molecule has 0 aliphatic heterocycles. The van der Waals surface area contributed by atoms with Crippen LogP contribution in [0.3, 0.4) is 0 Å². The standard InChI is InChI=1S/C18H12Cl2N4OS/c19-11-5-6-16-23-12(10-24(16)9-11)7-21-17(25)15-8-22-18(26-15)13-3-1-2-4-14(13)20/h1-6,8-10H,7H2,(H,21,25). The summed E-state index contributed by atoms with van der Waals surface area (Å²) >= 11 is 13.5. The van der Waals surface area contributed by atoms with Crippen LogP contribution in [0.5, 0.6) is 0 Å². The van der Waals surface area contributed by atoms with Crippen LogP contribution < -0.4 is 5.32 Å². The summed E-state index contributed by atoms with van der Waals surface area (Å²) in [4.78, 5) is 21.7. The van der Waals surface area contributed by atoms with Crippen LogP contribution >= 0.6 is 34.5 Å². The van der Waals surface area contributed by atoms with E-state index in [2.05, 4.69) is 15.3 Å². The van der Waals surface area contributed by atoms with Gasteiger partial charge in [0.1, 0.15) is 15.5 Å². The minimum Gasteiger partial charge on any atom is -0.346 e. The molecule has 3 aromatic heterocycles. The Hall–Kier alpha value is -2.41. The maximum absolute atomic E-state index is 12.4. The van der Waals surface area contributed by atoms with Gasteiger partial charge in [-0.3, -0.25) is 4.79 Å². The van der Waals surface area contributed by atoms with Crippen LogP contribution in [0.2, 0.25) is 10.0 Å². The van der Waals surface area contributed by atoms with Gasteiger partial charge in [0.2, 0.25) is 0 Å². The number of carbonyl (C=O) groups excluding carboxylic acids is 1. The molecule has 130 valence electrons. The predicted molar refractivity (Wildman–Crippen MR) is 104 cm³/mol.